The number of nitrogens with zero attached hydrogens (tertiary/aromatic N) is 2. The topological polar surface area (TPSA) is 75.7 Å². The molecule has 0 saturated carbocycles. The van der Waals surface area contributed by atoms with Gasteiger partial charge in [-0.05, 0) is 17.1 Å². The zero-order valence-corrected chi connectivity index (χ0v) is 7.25. The molecule has 0 fully saturated rings. The van der Waals surface area contributed by atoms with Gasteiger partial charge in [-0.2, -0.15) is 0 Å². The second kappa shape index (κ2) is 4.18. The summed E-state index contributed by atoms with van der Waals surface area (Å²) < 4.78 is 1.76. The molecule has 5 nitrogen and oxygen atoms in total. The van der Waals surface area contributed by atoms with E-state index in [1.807, 2.05) is 24.3 Å². The molecule has 0 bridgehead atoms. The number of hydrogen-bond acceptors (Lipinski definition) is 3. The third-order valence-corrected chi connectivity index (χ3v) is 1.53. The molecular weight excluding hydrogens is 184 g/mol. The Bertz CT molecular complexity index is 395. The van der Waals surface area contributed by atoms with E-state index in [1.54, 1.807) is 10.9 Å². The summed E-state index contributed by atoms with van der Waals surface area (Å²) in [6.07, 6.45) is -0.370. The Morgan fingerprint density at radius 3 is 2.64 bits per heavy atom. The monoisotopic (exact) mass is 192 g/mol. The van der Waals surface area contributed by atoms with Crippen molar-refractivity contribution in [1.82, 2.24) is 0 Å². The maximum Gasteiger partial charge on any atom is 0.291 e. The van der Waals surface area contributed by atoms with Crippen molar-refractivity contribution in [2.45, 2.75) is 0 Å². The number of benzene rings is 1. The Kier molecular flexibility index (Phi) is 2.96. The van der Waals surface area contributed by atoms with Crippen molar-refractivity contribution in [3.63, 3.8) is 0 Å². The Hall–Kier alpha value is -2.17. The van der Waals surface area contributed by atoms with E-state index < -0.39 is 6.16 Å². The summed E-state index contributed by atoms with van der Waals surface area (Å²) in [7, 11) is 0. The zero-order valence-electron chi connectivity index (χ0n) is 7.25. The van der Waals surface area contributed by atoms with Gasteiger partial charge in [0.25, 0.3) is 6.34 Å². The highest BCUT2D eigenvalue weighted by atomic mass is 16.6. The molecule has 1 aromatic carbocycles. The van der Waals surface area contributed by atoms with Gasteiger partial charge in [0.15, 0.2) is 5.69 Å². The number of para-hydroxylation sites is 2. The first-order valence-corrected chi connectivity index (χ1v) is 3.74. The van der Waals surface area contributed by atoms with Gasteiger partial charge in [-0.1, -0.05) is 12.1 Å². The minimum absolute atomic E-state index is 0.998. The molecule has 0 aromatic heterocycles. The summed E-state index contributed by atoms with van der Waals surface area (Å²) in [6.45, 7) is 3.76. The third-order valence-electron chi connectivity index (χ3n) is 1.53. The average Bonchev–Trinajstić information content (AvgIpc) is 2.48. The van der Waals surface area contributed by atoms with Crippen LogP contribution < -0.4 is 5.11 Å². The summed E-state index contributed by atoms with van der Waals surface area (Å²) in [5.41, 5.74) is 2.07. The molecule has 1 aliphatic heterocycles. The maximum absolute atomic E-state index is 8.44. The number of fused-ring (bicyclic) bond motifs is 1. The second-order valence-electron chi connectivity index (χ2n) is 2.47. The molecule has 0 radical (unpaired) electrons. The van der Waals surface area contributed by atoms with Gasteiger partial charge in [0.05, 0.1) is 6.72 Å². The van der Waals surface area contributed by atoms with Crippen LogP contribution in [0, 0.1) is 0 Å². The quantitative estimate of drug-likeness (QED) is 0.611. The second-order valence-corrected chi connectivity index (χ2v) is 2.47. The summed E-state index contributed by atoms with van der Waals surface area (Å²) in [5.74, 6) is 0. The fraction of sp³-hybridized carbons (Fsp3) is 0. The molecule has 1 heterocycles. The first-order valence-electron chi connectivity index (χ1n) is 3.74. The SMILES string of the molecule is C=[N+]1C=Nc2ccccc21.O=C([O-])O. The van der Waals surface area contributed by atoms with Crippen molar-refractivity contribution in [3.8, 4) is 0 Å². The summed E-state index contributed by atoms with van der Waals surface area (Å²) in [5, 5.41) is 15.3. The van der Waals surface area contributed by atoms with Gasteiger partial charge < -0.3 is 15.0 Å². The molecule has 1 N–H and O–H groups in total. The van der Waals surface area contributed by atoms with Gasteiger partial charge in [-0.3, -0.25) is 0 Å². The smallest absolute Gasteiger partial charge is 0.291 e. The fourth-order valence-corrected chi connectivity index (χ4v) is 1.01. The van der Waals surface area contributed by atoms with Gasteiger partial charge in [0, 0.05) is 0 Å². The molecular formula is C9H8N2O3. The average molecular weight is 192 g/mol. The molecule has 2 rings (SSSR count). The molecule has 1 aromatic rings. The van der Waals surface area contributed by atoms with Crippen molar-refractivity contribution in [2.24, 2.45) is 4.99 Å². The predicted molar refractivity (Wildman–Crippen MR) is 49.7 cm³/mol. The van der Waals surface area contributed by atoms with E-state index in [0.29, 0.717) is 0 Å². The van der Waals surface area contributed by atoms with E-state index in [-0.39, 0.29) is 0 Å². The van der Waals surface area contributed by atoms with Crippen LogP contribution in [0.1, 0.15) is 0 Å². The third kappa shape index (κ3) is 2.41. The molecule has 5 heteroatoms. The van der Waals surface area contributed by atoms with E-state index in [9.17, 15) is 0 Å². The number of carboxylic acid groups (broad SMARTS) is 2. The Balaban J connectivity index is 0.000000213. The first-order chi connectivity index (χ1) is 6.61. The van der Waals surface area contributed by atoms with Crippen LogP contribution in [-0.4, -0.2) is 28.9 Å². The molecule has 72 valence electrons. The minimum atomic E-state index is -2.08. The van der Waals surface area contributed by atoms with Gasteiger partial charge in [-0.25, -0.2) is 4.58 Å². The molecule has 14 heavy (non-hydrogen) atoms. The molecule has 0 saturated heterocycles. The largest absolute Gasteiger partial charge is 0.565 e. The lowest BCUT2D eigenvalue weighted by Crippen LogP contribution is -2.17. The van der Waals surface area contributed by atoms with E-state index in [4.69, 9.17) is 15.0 Å². The molecule has 0 spiro atoms. The predicted octanol–water partition coefficient (Wildman–Crippen LogP) is 0.592. The van der Waals surface area contributed by atoms with Crippen LogP contribution in [0.15, 0.2) is 29.3 Å². The zero-order chi connectivity index (χ0) is 10.6. The molecule has 0 atom stereocenters. The van der Waals surface area contributed by atoms with Crippen LogP contribution in [0.25, 0.3) is 0 Å². The Morgan fingerprint density at radius 2 is 2.07 bits per heavy atom. The highest BCUT2D eigenvalue weighted by Crippen LogP contribution is 2.29. The van der Waals surface area contributed by atoms with E-state index in [1.165, 1.54) is 0 Å². The molecule has 0 amide bonds. The first kappa shape index (κ1) is 9.91. The fourth-order valence-electron chi connectivity index (χ4n) is 1.01. The van der Waals surface area contributed by atoms with Crippen LogP contribution in [0.4, 0.5) is 16.2 Å². The lowest BCUT2D eigenvalue weighted by molar-refractivity contribution is -0.277. The lowest BCUT2D eigenvalue weighted by atomic mass is 10.3. The number of carbonyl (C=O) groups is 1. The lowest BCUT2D eigenvalue weighted by Gasteiger charge is -1.88. The molecule has 0 unspecified atom stereocenters. The van der Waals surface area contributed by atoms with Crippen LogP contribution in [0.2, 0.25) is 0 Å². The summed E-state index contributed by atoms with van der Waals surface area (Å²) in [4.78, 5) is 12.6. The maximum atomic E-state index is 8.44. The number of hydrogen-bond donors (Lipinski definition) is 1. The van der Waals surface area contributed by atoms with Crippen molar-refractivity contribution in [2.75, 3.05) is 0 Å². The molecule has 0 aliphatic carbocycles. The highest BCUT2D eigenvalue weighted by Gasteiger charge is 2.16. The Labute approximate surface area is 80.3 Å². The van der Waals surface area contributed by atoms with E-state index in [2.05, 4.69) is 11.7 Å². The highest BCUT2D eigenvalue weighted by molar-refractivity contribution is 5.73. The van der Waals surface area contributed by atoms with Crippen LogP contribution in [-0.2, 0) is 0 Å². The van der Waals surface area contributed by atoms with Crippen LogP contribution in [0.3, 0.4) is 0 Å². The standard InChI is InChI=1S/C8H7N2.CH2O3/c1-10-6-9-7-4-2-3-5-8(7)10;2-1(3)4/h2-6H,1H2;(H2,2,3,4)/q+1;/p-1. The van der Waals surface area contributed by atoms with Crippen molar-refractivity contribution in [3.05, 3.63) is 24.3 Å². The van der Waals surface area contributed by atoms with Crippen molar-refractivity contribution in [1.29, 1.82) is 0 Å². The summed E-state index contributed by atoms with van der Waals surface area (Å²) in [6, 6.07) is 7.91. The van der Waals surface area contributed by atoms with Crippen molar-refractivity contribution >= 4 is 30.6 Å². The normalized spacial score (nSPS) is 11.6. The van der Waals surface area contributed by atoms with Gasteiger partial charge in [-0.15, -0.1) is 0 Å². The van der Waals surface area contributed by atoms with Crippen LogP contribution >= 0.6 is 0 Å². The van der Waals surface area contributed by atoms with E-state index in [0.717, 1.165) is 11.4 Å². The van der Waals surface area contributed by atoms with Crippen LogP contribution in [0.5, 0.6) is 0 Å². The number of aliphatic imine (C=N–C) groups is 1. The summed E-state index contributed by atoms with van der Waals surface area (Å²) >= 11 is 0. The minimum Gasteiger partial charge on any atom is -0.565 e. The van der Waals surface area contributed by atoms with Crippen molar-refractivity contribution < 1.29 is 19.6 Å². The van der Waals surface area contributed by atoms with Gasteiger partial charge >= 0.3 is 0 Å². The number of rotatable bonds is 0. The Morgan fingerprint density at radius 1 is 1.50 bits per heavy atom. The van der Waals surface area contributed by atoms with E-state index >= 15 is 0 Å². The van der Waals surface area contributed by atoms with Gasteiger partial charge in [0.2, 0.25) is 11.8 Å². The van der Waals surface area contributed by atoms with Gasteiger partial charge in [0.1, 0.15) is 0 Å². The molecule has 1 aliphatic rings.